The summed E-state index contributed by atoms with van der Waals surface area (Å²) in [5, 5.41) is 0. The molecule has 0 aromatic carbocycles. The molecule has 0 fully saturated rings. The maximum absolute atomic E-state index is 13.1. The van der Waals surface area contributed by atoms with Gasteiger partial charge in [-0.25, -0.2) is 0 Å². The van der Waals surface area contributed by atoms with Crippen LogP contribution in [0.4, 0.5) is 0 Å². The van der Waals surface area contributed by atoms with Crippen LogP contribution in [0.15, 0.2) is 0 Å². The predicted molar refractivity (Wildman–Crippen MR) is 144 cm³/mol. The molecule has 0 aliphatic heterocycles. The van der Waals surface area contributed by atoms with E-state index in [4.69, 9.17) is 15.6 Å². The summed E-state index contributed by atoms with van der Waals surface area (Å²) in [6.45, 7) is 10.2. The molecular weight excluding hydrogens is 567 g/mol. The Morgan fingerprint density at radius 1 is 0.667 bits per heavy atom. The van der Waals surface area contributed by atoms with Gasteiger partial charge in [-0.15, -0.1) is 0 Å². The van der Waals surface area contributed by atoms with Crippen molar-refractivity contribution in [3.63, 3.8) is 0 Å². The summed E-state index contributed by atoms with van der Waals surface area (Å²) in [4.78, 5) is 26.2. The van der Waals surface area contributed by atoms with Gasteiger partial charge in [-0.3, -0.25) is 0 Å². The van der Waals surface area contributed by atoms with E-state index in [0.717, 1.165) is 51.4 Å². The first-order chi connectivity index (χ1) is 15.9. The van der Waals surface area contributed by atoms with E-state index in [-0.39, 0.29) is 25.2 Å². The molecule has 0 N–H and O–H groups in total. The number of carbonyl (C=O) groups is 2. The molecule has 0 radical (unpaired) electrons. The number of carbonyl (C=O) groups excluding carboxylic acids is 2. The minimum atomic E-state index is -4.04. The first kappa shape index (κ1) is 33.4. The molecule has 33 heavy (non-hydrogen) atoms. The zero-order chi connectivity index (χ0) is 25.0. The Morgan fingerprint density at radius 3 is 1.33 bits per heavy atom. The first-order valence-corrected chi connectivity index (χ1v) is 20.4. The average Bonchev–Trinajstić information content (AvgIpc) is 2.81. The number of hydrogen-bond donors (Lipinski definition) is 2. The molecule has 0 rings (SSSR count). The fourth-order valence-corrected chi connectivity index (χ4v) is 13.8. The van der Waals surface area contributed by atoms with E-state index in [9.17, 15) is 9.59 Å². The summed E-state index contributed by atoms with van der Waals surface area (Å²) >= 11 is 4.66. The monoisotopic (exact) mass is 616 g/mol. The van der Waals surface area contributed by atoms with Crippen LogP contribution in [-0.4, -0.2) is 69.1 Å². The summed E-state index contributed by atoms with van der Waals surface area (Å²) in [5.41, 5.74) is 0. The molecule has 0 heterocycles. The fraction of sp³-hybridized carbons (Fsp3) is 0.917. The van der Waals surface area contributed by atoms with Gasteiger partial charge < -0.3 is 0 Å². The van der Waals surface area contributed by atoms with Crippen molar-refractivity contribution >= 4 is 56.4 Å². The summed E-state index contributed by atoms with van der Waals surface area (Å²) in [6, 6.07) is 0. The third kappa shape index (κ3) is 15.2. The Labute approximate surface area is 218 Å². The topological polar surface area (TPSA) is 71.1 Å². The van der Waals surface area contributed by atoms with Gasteiger partial charge in [0.1, 0.15) is 0 Å². The second-order valence-electron chi connectivity index (χ2n) is 8.58. The molecule has 2 unspecified atom stereocenters. The van der Waals surface area contributed by atoms with E-state index in [0.29, 0.717) is 33.6 Å². The standard InChI is InChI=1S/2C8H16O3S.2C4H9.Sn/c2*1-2-3-4-11-5-7(6-12)8(9)10;2*1-3-4-2;/h2*7,12H,2-6H2,1H3,(H,9,10);2*1,3-4H2,2H3;/q;;;;+2/p-2. The number of unbranched alkanes of at least 4 members (excludes halogenated alkanes) is 4. The van der Waals surface area contributed by atoms with E-state index in [2.05, 4.69) is 53.0 Å². The fourth-order valence-electron chi connectivity index (χ4n) is 3.11. The molecule has 0 aromatic rings. The summed E-state index contributed by atoms with van der Waals surface area (Å²) in [7, 11) is 0. The number of rotatable bonds is 22. The zero-order valence-corrected chi connectivity index (χ0v) is 26.0. The molecule has 0 saturated carbocycles. The Balaban J connectivity index is 5.43. The quantitative estimate of drug-likeness (QED) is 0.0907. The molecule has 0 saturated heterocycles. The van der Waals surface area contributed by atoms with Crippen molar-refractivity contribution in [1.29, 1.82) is 0 Å². The molecule has 9 heteroatoms. The molecule has 0 aliphatic carbocycles. The van der Waals surface area contributed by atoms with Crippen LogP contribution < -0.4 is 0 Å². The molecule has 0 aromatic heterocycles. The van der Waals surface area contributed by atoms with Gasteiger partial charge in [0.25, 0.3) is 0 Å². The van der Waals surface area contributed by atoms with E-state index in [1.54, 1.807) is 0 Å². The Hall–Kier alpha value is 0.359. The van der Waals surface area contributed by atoms with Crippen molar-refractivity contribution in [2.45, 2.75) is 87.9 Å². The second kappa shape index (κ2) is 21.6. The van der Waals surface area contributed by atoms with Gasteiger partial charge in [-0.2, -0.15) is 0 Å². The molecule has 0 amide bonds. The van der Waals surface area contributed by atoms with E-state index in [1.807, 2.05) is 0 Å². The summed E-state index contributed by atoms with van der Waals surface area (Å²) in [5.74, 6) is -0.903. The first-order valence-electron chi connectivity index (χ1n) is 12.8. The molecule has 0 spiro atoms. The summed E-state index contributed by atoms with van der Waals surface area (Å²) < 4.78 is 25.1. The maximum atomic E-state index is 13.1. The van der Waals surface area contributed by atoms with Crippen LogP contribution in [0.2, 0.25) is 8.87 Å². The number of ether oxygens (including phenoxy) is 2. The van der Waals surface area contributed by atoms with Crippen molar-refractivity contribution in [3.05, 3.63) is 0 Å². The van der Waals surface area contributed by atoms with E-state index < -0.39 is 31.0 Å². The zero-order valence-electron chi connectivity index (χ0n) is 21.3. The van der Waals surface area contributed by atoms with Gasteiger partial charge in [0.15, 0.2) is 0 Å². The Kier molecular flexibility index (Phi) is 21.9. The SMILES string of the molecule is CCCCOCC(CS)C(=O)[O][Sn]([CH2]CCC)([CH2]CCC)[O]C(=O)C(CS)COCCCC. The Bertz CT molecular complexity index is 465. The van der Waals surface area contributed by atoms with Crippen molar-refractivity contribution in [3.8, 4) is 0 Å². The summed E-state index contributed by atoms with van der Waals surface area (Å²) in [6.07, 6.45) is 7.62. The minimum absolute atomic E-state index is 0.282. The third-order valence-electron chi connectivity index (χ3n) is 5.43. The predicted octanol–water partition coefficient (Wildman–Crippen LogP) is 5.84. The van der Waals surface area contributed by atoms with Crippen LogP contribution in [0.5, 0.6) is 0 Å². The normalized spacial score (nSPS) is 13.5. The third-order valence-corrected chi connectivity index (χ3v) is 15.9. The second-order valence-corrected chi connectivity index (χ2v) is 18.5. The van der Waals surface area contributed by atoms with Gasteiger partial charge in [0.05, 0.1) is 0 Å². The Morgan fingerprint density at radius 2 is 1.03 bits per heavy atom. The average molecular weight is 615 g/mol. The van der Waals surface area contributed by atoms with E-state index in [1.165, 1.54) is 0 Å². The molecular formula is C24H48O6S2Sn. The molecule has 0 bridgehead atoms. The van der Waals surface area contributed by atoms with Crippen molar-refractivity contribution in [1.82, 2.24) is 0 Å². The van der Waals surface area contributed by atoms with Crippen molar-refractivity contribution < 1.29 is 25.2 Å². The molecule has 6 nitrogen and oxygen atoms in total. The van der Waals surface area contributed by atoms with Crippen LogP contribution in [-0.2, 0) is 25.2 Å². The van der Waals surface area contributed by atoms with E-state index >= 15 is 0 Å². The molecule has 196 valence electrons. The molecule has 2 atom stereocenters. The number of hydrogen-bond acceptors (Lipinski definition) is 8. The van der Waals surface area contributed by atoms with Crippen molar-refractivity contribution in [2.75, 3.05) is 37.9 Å². The van der Waals surface area contributed by atoms with Gasteiger partial charge in [-0.1, -0.05) is 0 Å². The van der Waals surface area contributed by atoms with Gasteiger partial charge in [-0.05, 0) is 0 Å². The van der Waals surface area contributed by atoms with Crippen LogP contribution >= 0.6 is 25.3 Å². The van der Waals surface area contributed by atoms with Crippen LogP contribution in [0.1, 0.15) is 79.1 Å². The van der Waals surface area contributed by atoms with Crippen LogP contribution in [0.25, 0.3) is 0 Å². The van der Waals surface area contributed by atoms with Gasteiger partial charge in [0, 0.05) is 0 Å². The van der Waals surface area contributed by atoms with Crippen LogP contribution in [0, 0.1) is 11.8 Å². The number of thiol groups is 2. The molecule has 0 aliphatic rings. The van der Waals surface area contributed by atoms with Crippen molar-refractivity contribution in [2.24, 2.45) is 11.8 Å². The van der Waals surface area contributed by atoms with Crippen LogP contribution in [0.3, 0.4) is 0 Å². The van der Waals surface area contributed by atoms with Gasteiger partial charge in [0.2, 0.25) is 0 Å². The van der Waals surface area contributed by atoms with Gasteiger partial charge >= 0.3 is 219 Å².